The molecule has 16 heavy (non-hydrogen) atoms. The summed E-state index contributed by atoms with van der Waals surface area (Å²) >= 11 is 14.6. The normalized spacial score (nSPS) is 8.62. The van der Waals surface area contributed by atoms with Crippen molar-refractivity contribution in [3.05, 3.63) is 36.2 Å². The quantitative estimate of drug-likeness (QED) is 0.425. The lowest BCUT2D eigenvalue weighted by Crippen LogP contribution is -1.57. The molecule has 0 unspecified atom stereocenters. The molecule has 0 fully saturated rings. The summed E-state index contributed by atoms with van der Waals surface area (Å²) in [6, 6.07) is 3.64. The molecular formula is C10H14O2S4. The van der Waals surface area contributed by atoms with E-state index in [-0.39, 0.29) is 0 Å². The van der Waals surface area contributed by atoms with Crippen molar-refractivity contribution in [1.29, 1.82) is 0 Å². The highest BCUT2D eigenvalue weighted by Gasteiger charge is 1.90. The zero-order valence-corrected chi connectivity index (χ0v) is 12.5. The fourth-order valence-corrected chi connectivity index (χ4v) is 0.984. The summed E-state index contributed by atoms with van der Waals surface area (Å²) in [5.41, 5.74) is 0. The first kappa shape index (κ1) is 16.0. The highest BCUT2D eigenvalue weighted by Crippen LogP contribution is 2.12. The van der Waals surface area contributed by atoms with Crippen molar-refractivity contribution >= 4 is 48.6 Å². The zero-order valence-electron chi connectivity index (χ0n) is 8.91. The topological polar surface area (TPSA) is 26.3 Å². The van der Waals surface area contributed by atoms with E-state index in [1.165, 1.54) is 0 Å². The molecule has 0 saturated carbocycles. The first-order chi connectivity index (χ1) is 7.61. The Morgan fingerprint density at radius 3 is 1.19 bits per heavy atom. The van der Waals surface area contributed by atoms with Crippen LogP contribution < -0.4 is 0 Å². The highest BCUT2D eigenvalue weighted by atomic mass is 33.1. The largest absolute Gasteiger partial charge is 0.468 e. The number of hydrogen-bond acceptors (Lipinski definition) is 6. The third-order valence-corrected chi connectivity index (χ3v) is 2.59. The SMILES string of the molecule is Cc1occc1S.Cc1occc1S.SS. The molecule has 0 aromatic carbocycles. The average molecular weight is 294 g/mol. The lowest BCUT2D eigenvalue weighted by molar-refractivity contribution is 0.526. The monoisotopic (exact) mass is 294 g/mol. The fraction of sp³-hybridized carbons (Fsp3) is 0.200. The smallest absolute Gasteiger partial charge is 0.113 e. The fourth-order valence-electron chi connectivity index (χ4n) is 0.757. The summed E-state index contributed by atoms with van der Waals surface area (Å²) in [7, 11) is 0. The van der Waals surface area contributed by atoms with Crippen molar-refractivity contribution in [1.82, 2.24) is 0 Å². The van der Waals surface area contributed by atoms with Gasteiger partial charge in [0.2, 0.25) is 0 Å². The van der Waals surface area contributed by atoms with Gasteiger partial charge in [-0.3, -0.25) is 0 Å². The molecule has 0 N–H and O–H groups in total. The van der Waals surface area contributed by atoms with Gasteiger partial charge in [-0.15, -0.1) is 48.6 Å². The van der Waals surface area contributed by atoms with Crippen LogP contribution in [0.5, 0.6) is 0 Å². The molecule has 0 aliphatic carbocycles. The number of furan rings is 2. The van der Waals surface area contributed by atoms with E-state index in [1.807, 2.05) is 26.0 Å². The second-order valence-corrected chi connectivity index (χ2v) is 3.69. The third kappa shape index (κ3) is 5.89. The molecule has 0 aliphatic heterocycles. The van der Waals surface area contributed by atoms with E-state index in [0.29, 0.717) is 0 Å². The standard InChI is InChI=1S/2C5H6OS.H2S2/c2*1-4-5(7)2-3-6-4;1-2/h2*2-3,7H,1H3;1-2H. The predicted octanol–water partition coefficient (Wildman–Crippen LogP) is 4.51. The van der Waals surface area contributed by atoms with E-state index in [9.17, 15) is 0 Å². The van der Waals surface area contributed by atoms with Gasteiger partial charge >= 0.3 is 0 Å². The van der Waals surface area contributed by atoms with E-state index in [2.05, 4.69) is 48.6 Å². The molecule has 2 heterocycles. The van der Waals surface area contributed by atoms with Gasteiger partial charge in [-0.1, -0.05) is 0 Å². The van der Waals surface area contributed by atoms with Crippen LogP contribution in [0.4, 0.5) is 0 Å². The van der Waals surface area contributed by atoms with Crippen molar-refractivity contribution in [2.24, 2.45) is 0 Å². The minimum absolute atomic E-state index is 0.878. The van der Waals surface area contributed by atoms with Crippen LogP contribution in [-0.2, 0) is 0 Å². The Morgan fingerprint density at radius 1 is 0.812 bits per heavy atom. The molecule has 2 aromatic rings. The third-order valence-electron chi connectivity index (χ3n) is 1.66. The average Bonchev–Trinajstić information content (AvgIpc) is 2.83. The van der Waals surface area contributed by atoms with Crippen LogP contribution in [0.1, 0.15) is 11.5 Å². The first-order valence-corrected chi connectivity index (χ1v) is 6.77. The molecule has 0 amide bonds. The molecule has 6 heteroatoms. The van der Waals surface area contributed by atoms with Crippen molar-refractivity contribution in [2.45, 2.75) is 23.6 Å². The maximum absolute atomic E-state index is 4.89. The van der Waals surface area contributed by atoms with Crippen molar-refractivity contribution in [3.8, 4) is 0 Å². The van der Waals surface area contributed by atoms with Gasteiger partial charge in [-0.2, -0.15) is 0 Å². The zero-order chi connectivity index (χ0) is 12.6. The Hall–Kier alpha value is -0.0400. The molecule has 0 radical (unpaired) electrons. The summed E-state index contributed by atoms with van der Waals surface area (Å²) < 4.78 is 9.78. The van der Waals surface area contributed by atoms with Crippen LogP contribution >= 0.6 is 48.6 Å². The van der Waals surface area contributed by atoms with Gasteiger partial charge in [-0.05, 0) is 26.0 Å². The minimum atomic E-state index is 0.878. The summed E-state index contributed by atoms with van der Waals surface area (Å²) in [6.45, 7) is 3.75. The number of hydrogen-bond donors (Lipinski definition) is 4. The highest BCUT2D eigenvalue weighted by molar-refractivity contribution is 8.59. The van der Waals surface area contributed by atoms with E-state index >= 15 is 0 Å². The van der Waals surface area contributed by atoms with Crippen LogP contribution in [0.15, 0.2) is 43.3 Å². The molecule has 0 spiro atoms. The summed E-state index contributed by atoms with van der Waals surface area (Å²) in [4.78, 5) is 1.83. The molecule has 2 nitrogen and oxygen atoms in total. The van der Waals surface area contributed by atoms with Crippen LogP contribution in [0.2, 0.25) is 0 Å². The van der Waals surface area contributed by atoms with Gasteiger partial charge in [0.25, 0.3) is 0 Å². The molecule has 0 atom stereocenters. The lowest BCUT2D eigenvalue weighted by Gasteiger charge is -1.78. The van der Waals surface area contributed by atoms with Crippen LogP contribution in [0.3, 0.4) is 0 Å². The van der Waals surface area contributed by atoms with Crippen LogP contribution in [0, 0.1) is 13.8 Å². The number of aryl methyl sites for hydroxylation is 2. The van der Waals surface area contributed by atoms with Gasteiger partial charge in [-0.25, -0.2) is 0 Å². The van der Waals surface area contributed by atoms with Crippen molar-refractivity contribution in [2.75, 3.05) is 0 Å². The molecule has 2 rings (SSSR count). The Bertz CT molecular complexity index is 324. The van der Waals surface area contributed by atoms with Gasteiger partial charge in [0.15, 0.2) is 0 Å². The van der Waals surface area contributed by atoms with E-state index in [4.69, 9.17) is 8.83 Å². The van der Waals surface area contributed by atoms with E-state index < -0.39 is 0 Å². The Balaban J connectivity index is 0.000000244. The van der Waals surface area contributed by atoms with Gasteiger partial charge < -0.3 is 8.83 Å². The van der Waals surface area contributed by atoms with Crippen LogP contribution in [0.25, 0.3) is 0 Å². The maximum atomic E-state index is 4.89. The Kier molecular flexibility index (Phi) is 9.02. The molecule has 0 saturated heterocycles. The summed E-state index contributed by atoms with van der Waals surface area (Å²) in [5, 5.41) is 0. The molecular weight excluding hydrogens is 280 g/mol. The van der Waals surface area contributed by atoms with E-state index in [0.717, 1.165) is 21.3 Å². The number of rotatable bonds is 0. The minimum Gasteiger partial charge on any atom is -0.468 e. The predicted molar refractivity (Wildman–Crippen MR) is 79.4 cm³/mol. The second kappa shape index (κ2) is 9.04. The van der Waals surface area contributed by atoms with Gasteiger partial charge in [0.1, 0.15) is 11.5 Å². The maximum Gasteiger partial charge on any atom is 0.113 e. The summed E-state index contributed by atoms with van der Waals surface area (Å²) in [6.07, 6.45) is 3.25. The van der Waals surface area contributed by atoms with Crippen molar-refractivity contribution in [3.63, 3.8) is 0 Å². The molecule has 0 bridgehead atoms. The summed E-state index contributed by atoms with van der Waals surface area (Å²) in [5.74, 6) is 1.76. The second-order valence-electron chi connectivity index (χ2n) is 2.72. The Morgan fingerprint density at radius 2 is 1.12 bits per heavy atom. The van der Waals surface area contributed by atoms with Gasteiger partial charge in [0, 0.05) is 9.79 Å². The Labute approximate surface area is 117 Å². The molecule has 0 aliphatic rings. The molecule has 90 valence electrons. The molecule has 2 aromatic heterocycles. The van der Waals surface area contributed by atoms with Crippen LogP contribution in [-0.4, -0.2) is 0 Å². The van der Waals surface area contributed by atoms with Crippen molar-refractivity contribution < 1.29 is 8.83 Å². The lowest BCUT2D eigenvalue weighted by atomic mass is 10.5. The first-order valence-electron chi connectivity index (χ1n) is 4.27. The number of thiol groups is 4. The van der Waals surface area contributed by atoms with Gasteiger partial charge in [0.05, 0.1) is 12.5 Å². The van der Waals surface area contributed by atoms with E-state index in [1.54, 1.807) is 12.5 Å².